The second-order valence-electron chi connectivity index (χ2n) is 5.45. The molecule has 0 bridgehead atoms. The molecule has 0 fully saturated rings. The van der Waals surface area contributed by atoms with Crippen molar-refractivity contribution in [2.24, 2.45) is 0 Å². The first-order chi connectivity index (χ1) is 10.7. The van der Waals surface area contributed by atoms with Gasteiger partial charge in [0.2, 0.25) is 0 Å². The molecule has 1 N–H and O–H groups in total. The quantitative estimate of drug-likeness (QED) is 0.858. The van der Waals surface area contributed by atoms with E-state index in [2.05, 4.69) is 12.2 Å². The summed E-state index contributed by atoms with van der Waals surface area (Å²) in [7, 11) is 0. The minimum atomic E-state index is -0.330. The molecule has 1 aliphatic heterocycles. The minimum Gasteiger partial charge on any atom is -0.374 e. The topological polar surface area (TPSA) is 55.4 Å². The van der Waals surface area contributed by atoms with Gasteiger partial charge in [0.05, 0.1) is 6.10 Å². The van der Waals surface area contributed by atoms with E-state index >= 15 is 0 Å². The summed E-state index contributed by atoms with van der Waals surface area (Å²) in [5, 5.41) is 4.07. The molecule has 2 amide bonds. The van der Waals surface area contributed by atoms with Crippen LogP contribution in [-0.4, -0.2) is 18.4 Å². The van der Waals surface area contributed by atoms with Crippen molar-refractivity contribution in [2.75, 3.05) is 6.61 Å². The fourth-order valence-corrected chi connectivity index (χ4v) is 3.12. The van der Waals surface area contributed by atoms with Crippen molar-refractivity contribution in [3.63, 3.8) is 0 Å². The van der Waals surface area contributed by atoms with Gasteiger partial charge in [0.1, 0.15) is 0 Å². The Balaban J connectivity index is 2.25. The Labute approximate surface area is 129 Å². The van der Waals surface area contributed by atoms with E-state index in [9.17, 15) is 9.59 Å². The number of rotatable bonds is 5. The molecule has 3 rings (SSSR count). The van der Waals surface area contributed by atoms with Crippen molar-refractivity contribution in [1.29, 1.82) is 0 Å². The predicted octanol–water partition coefficient (Wildman–Crippen LogP) is 3.60. The van der Waals surface area contributed by atoms with Crippen molar-refractivity contribution in [3.05, 3.63) is 47.0 Å². The molecule has 2 aromatic carbocycles. The van der Waals surface area contributed by atoms with Crippen LogP contribution in [0.5, 0.6) is 0 Å². The van der Waals surface area contributed by atoms with Crippen molar-refractivity contribution in [3.8, 4) is 0 Å². The first-order valence-electron chi connectivity index (χ1n) is 7.70. The zero-order valence-electron chi connectivity index (χ0n) is 12.8. The Morgan fingerprint density at radius 2 is 1.77 bits per heavy atom. The minimum absolute atomic E-state index is 0.0145. The van der Waals surface area contributed by atoms with Crippen LogP contribution in [0.1, 0.15) is 59.1 Å². The summed E-state index contributed by atoms with van der Waals surface area (Å²) < 4.78 is 5.88. The Morgan fingerprint density at radius 3 is 2.45 bits per heavy atom. The third-order valence-corrected chi connectivity index (χ3v) is 4.06. The molecule has 0 spiro atoms. The van der Waals surface area contributed by atoms with Gasteiger partial charge < -0.3 is 4.74 Å². The molecule has 22 heavy (non-hydrogen) atoms. The molecule has 2 aromatic rings. The van der Waals surface area contributed by atoms with Crippen LogP contribution in [0, 0.1) is 0 Å². The normalized spacial score (nSPS) is 15.0. The second-order valence-corrected chi connectivity index (χ2v) is 5.45. The highest BCUT2D eigenvalue weighted by Crippen LogP contribution is 2.34. The SMILES string of the molecule is CCCC(OCC)c1ccc2c3c(cccc13)C(=O)NC2=O. The Kier molecular flexibility index (Phi) is 3.94. The second kappa shape index (κ2) is 5.89. The van der Waals surface area contributed by atoms with Crippen LogP contribution in [0.25, 0.3) is 10.8 Å². The van der Waals surface area contributed by atoms with Gasteiger partial charge in [0.25, 0.3) is 11.8 Å². The van der Waals surface area contributed by atoms with Gasteiger partial charge in [-0.2, -0.15) is 0 Å². The summed E-state index contributed by atoms with van der Waals surface area (Å²) in [6.45, 7) is 4.73. The van der Waals surface area contributed by atoms with Crippen LogP contribution >= 0.6 is 0 Å². The molecule has 0 saturated carbocycles. The summed E-state index contributed by atoms with van der Waals surface area (Å²) in [6, 6.07) is 9.32. The number of carbonyl (C=O) groups excluding carboxylic acids is 2. The monoisotopic (exact) mass is 297 g/mol. The molecule has 4 heteroatoms. The summed E-state index contributed by atoms with van der Waals surface area (Å²) >= 11 is 0. The van der Waals surface area contributed by atoms with Crippen LogP contribution in [0.15, 0.2) is 30.3 Å². The average Bonchev–Trinajstić information content (AvgIpc) is 2.52. The number of benzene rings is 2. The standard InChI is InChI=1S/C18H19NO3/c1-3-6-15(22-4-2)11-9-10-14-16-12(11)7-5-8-13(16)17(20)19-18(14)21/h5,7-10,15H,3-4,6H2,1-2H3,(H,19,20,21). The van der Waals surface area contributed by atoms with Crippen LogP contribution in [0.3, 0.4) is 0 Å². The zero-order chi connectivity index (χ0) is 15.7. The van der Waals surface area contributed by atoms with Gasteiger partial charge >= 0.3 is 0 Å². The van der Waals surface area contributed by atoms with Gasteiger partial charge in [0.15, 0.2) is 0 Å². The number of hydrogen-bond donors (Lipinski definition) is 1. The highest BCUT2D eigenvalue weighted by atomic mass is 16.5. The lowest BCUT2D eigenvalue weighted by Gasteiger charge is -2.22. The molecule has 0 aliphatic carbocycles. The molecule has 4 nitrogen and oxygen atoms in total. The van der Waals surface area contributed by atoms with Crippen LogP contribution in [0.2, 0.25) is 0 Å². The maximum Gasteiger partial charge on any atom is 0.258 e. The van der Waals surface area contributed by atoms with Crippen LogP contribution < -0.4 is 5.32 Å². The molecule has 1 atom stereocenters. The maximum absolute atomic E-state index is 12.1. The van der Waals surface area contributed by atoms with Crippen molar-refractivity contribution in [2.45, 2.75) is 32.8 Å². The first-order valence-corrected chi connectivity index (χ1v) is 7.70. The molecule has 1 heterocycles. The highest BCUT2D eigenvalue weighted by molar-refractivity contribution is 6.25. The fourth-order valence-electron chi connectivity index (χ4n) is 3.12. The molecular formula is C18H19NO3. The Bertz CT molecular complexity index is 725. The van der Waals surface area contributed by atoms with E-state index in [0.29, 0.717) is 17.7 Å². The highest BCUT2D eigenvalue weighted by Gasteiger charge is 2.26. The van der Waals surface area contributed by atoms with Gasteiger partial charge in [-0.1, -0.05) is 31.5 Å². The number of carbonyl (C=O) groups is 2. The molecule has 0 aromatic heterocycles. The summed E-state index contributed by atoms with van der Waals surface area (Å²) in [4.78, 5) is 24.1. The van der Waals surface area contributed by atoms with Gasteiger partial charge in [-0.05, 0) is 36.4 Å². The van der Waals surface area contributed by atoms with E-state index in [1.165, 1.54) is 0 Å². The predicted molar refractivity (Wildman–Crippen MR) is 85.0 cm³/mol. The van der Waals surface area contributed by atoms with Crippen molar-refractivity contribution < 1.29 is 14.3 Å². The van der Waals surface area contributed by atoms with E-state index in [1.54, 1.807) is 12.1 Å². The van der Waals surface area contributed by atoms with Gasteiger partial charge in [-0.3, -0.25) is 14.9 Å². The van der Waals surface area contributed by atoms with Gasteiger partial charge in [-0.25, -0.2) is 0 Å². The molecule has 1 aliphatic rings. The van der Waals surface area contributed by atoms with Gasteiger partial charge in [0, 0.05) is 23.1 Å². The van der Waals surface area contributed by atoms with E-state index < -0.39 is 0 Å². The fraction of sp³-hybridized carbons (Fsp3) is 0.333. The van der Waals surface area contributed by atoms with E-state index in [1.807, 2.05) is 25.1 Å². The number of imide groups is 1. The lowest BCUT2D eigenvalue weighted by molar-refractivity contribution is 0.0566. The number of nitrogens with one attached hydrogen (secondary N) is 1. The largest absolute Gasteiger partial charge is 0.374 e. The van der Waals surface area contributed by atoms with E-state index in [0.717, 1.165) is 29.2 Å². The number of ether oxygens (including phenoxy) is 1. The third-order valence-electron chi connectivity index (χ3n) is 4.06. The number of hydrogen-bond acceptors (Lipinski definition) is 3. The van der Waals surface area contributed by atoms with Crippen molar-refractivity contribution >= 4 is 22.6 Å². The average molecular weight is 297 g/mol. The molecule has 1 unspecified atom stereocenters. The summed E-state index contributed by atoms with van der Waals surface area (Å²) in [5.74, 6) is -0.660. The summed E-state index contributed by atoms with van der Waals surface area (Å²) in [6.07, 6.45) is 1.90. The Morgan fingerprint density at radius 1 is 1.05 bits per heavy atom. The smallest absolute Gasteiger partial charge is 0.258 e. The van der Waals surface area contributed by atoms with E-state index in [4.69, 9.17) is 4.74 Å². The number of amides is 2. The lowest BCUT2D eigenvalue weighted by Crippen LogP contribution is -2.34. The first kappa shape index (κ1) is 14.7. The molecular weight excluding hydrogens is 278 g/mol. The van der Waals surface area contributed by atoms with E-state index in [-0.39, 0.29) is 17.9 Å². The molecule has 0 radical (unpaired) electrons. The van der Waals surface area contributed by atoms with Gasteiger partial charge in [-0.15, -0.1) is 0 Å². The van der Waals surface area contributed by atoms with Crippen LogP contribution in [0.4, 0.5) is 0 Å². The molecule has 0 saturated heterocycles. The zero-order valence-corrected chi connectivity index (χ0v) is 12.8. The molecule has 114 valence electrons. The third kappa shape index (κ3) is 2.29. The summed E-state index contributed by atoms with van der Waals surface area (Å²) in [5.41, 5.74) is 2.16. The maximum atomic E-state index is 12.1. The Hall–Kier alpha value is -2.20. The van der Waals surface area contributed by atoms with Crippen LogP contribution in [-0.2, 0) is 4.74 Å². The lowest BCUT2D eigenvalue weighted by atomic mass is 9.89. The van der Waals surface area contributed by atoms with Crippen molar-refractivity contribution in [1.82, 2.24) is 5.32 Å².